The van der Waals surface area contributed by atoms with Gasteiger partial charge in [0.05, 0.1) is 0 Å². The van der Waals surface area contributed by atoms with Crippen molar-refractivity contribution >= 4 is 28.6 Å². The number of unbranched alkanes of at least 4 members (excludes halogenated alkanes) is 2. The number of carbonyl (C=O) groups is 1. The zero-order valence-electron chi connectivity index (χ0n) is 13.1. The van der Waals surface area contributed by atoms with E-state index in [0.717, 1.165) is 35.1 Å². The second-order valence-electron chi connectivity index (χ2n) is 5.44. The van der Waals surface area contributed by atoms with Crippen molar-refractivity contribution in [2.45, 2.75) is 33.1 Å². The van der Waals surface area contributed by atoms with Gasteiger partial charge in [0, 0.05) is 28.7 Å². The van der Waals surface area contributed by atoms with Gasteiger partial charge >= 0.3 is 0 Å². The van der Waals surface area contributed by atoms with E-state index in [9.17, 15) is 4.79 Å². The number of thioether (sulfide) groups is 1. The summed E-state index contributed by atoms with van der Waals surface area (Å²) in [7, 11) is 0. The minimum absolute atomic E-state index is 0.0278. The molecule has 0 saturated heterocycles. The van der Waals surface area contributed by atoms with Crippen molar-refractivity contribution in [2.24, 2.45) is 0 Å². The van der Waals surface area contributed by atoms with Crippen molar-refractivity contribution in [1.82, 2.24) is 10.3 Å². The smallest absolute Gasteiger partial charge is 0.251 e. The van der Waals surface area contributed by atoms with Crippen molar-refractivity contribution in [3.05, 3.63) is 35.0 Å². The van der Waals surface area contributed by atoms with Gasteiger partial charge in [0.2, 0.25) is 0 Å². The number of benzene rings is 1. The highest BCUT2D eigenvalue weighted by Gasteiger charge is 2.09. The number of hydrogen-bond acceptors (Lipinski definition) is 2. The van der Waals surface area contributed by atoms with E-state index < -0.39 is 0 Å². The van der Waals surface area contributed by atoms with E-state index in [0.29, 0.717) is 0 Å². The zero-order valence-corrected chi connectivity index (χ0v) is 13.9. The minimum Gasteiger partial charge on any atom is -0.358 e. The molecular weight excluding hydrogens is 280 g/mol. The fraction of sp³-hybridized carbons (Fsp3) is 0.471. The van der Waals surface area contributed by atoms with Crippen LogP contribution in [0.4, 0.5) is 0 Å². The summed E-state index contributed by atoms with van der Waals surface area (Å²) >= 11 is 1.88. The lowest BCUT2D eigenvalue weighted by Gasteiger charge is -2.05. The van der Waals surface area contributed by atoms with Crippen molar-refractivity contribution in [1.29, 1.82) is 0 Å². The summed E-state index contributed by atoms with van der Waals surface area (Å²) < 4.78 is 0. The lowest BCUT2D eigenvalue weighted by molar-refractivity contribution is 0.0953. The highest BCUT2D eigenvalue weighted by atomic mass is 32.2. The van der Waals surface area contributed by atoms with Gasteiger partial charge < -0.3 is 10.3 Å². The summed E-state index contributed by atoms with van der Waals surface area (Å²) in [4.78, 5) is 15.5. The summed E-state index contributed by atoms with van der Waals surface area (Å²) in [5.74, 6) is 1.23. The van der Waals surface area contributed by atoms with Crippen LogP contribution >= 0.6 is 11.8 Å². The Kier molecular flexibility index (Phi) is 5.74. The monoisotopic (exact) mass is 304 g/mol. The predicted molar refractivity (Wildman–Crippen MR) is 92.3 cm³/mol. The Morgan fingerprint density at radius 3 is 2.81 bits per heavy atom. The summed E-state index contributed by atoms with van der Waals surface area (Å²) in [5, 5.41) is 4.15. The first kappa shape index (κ1) is 16.0. The number of aryl methyl sites for hydroxylation is 2. The molecule has 2 rings (SSSR count). The first-order valence-electron chi connectivity index (χ1n) is 7.49. The van der Waals surface area contributed by atoms with Gasteiger partial charge in [-0.15, -0.1) is 0 Å². The summed E-state index contributed by atoms with van der Waals surface area (Å²) in [5.41, 5.74) is 4.22. The van der Waals surface area contributed by atoms with Crippen molar-refractivity contribution in [3.8, 4) is 0 Å². The summed E-state index contributed by atoms with van der Waals surface area (Å²) in [6.07, 6.45) is 5.58. The third-order valence-corrected chi connectivity index (χ3v) is 4.58. The Balaban J connectivity index is 1.92. The molecule has 0 aliphatic heterocycles. The molecule has 2 N–H and O–H groups in total. The molecule has 0 unspecified atom stereocenters. The van der Waals surface area contributed by atoms with Crippen LogP contribution in [0.5, 0.6) is 0 Å². The predicted octanol–water partition coefficient (Wildman–Crippen LogP) is 4.05. The molecule has 0 aliphatic rings. The van der Waals surface area contributed by atoms with Crippen LogP contribution in [0.25, 0.3) is 10.9 Å². The van der Waals surface area contributed by atoms with Gasteiger partial charge in [-0.25, -0.2) is 0 Å². The van der Waals surface area contributed by atoms with Crippen LogP contribution in [0.2, 0.25) is 0 Å². The van der Waals surface area contributed by atoms with E-state index >= 15 is 0 Å². The van der Waals surface area contributed by atoms with Crippen LogP contribution in [0, 0.1) is 13.8 Å². The molecule has 1 aromatic carbocycles. The number of aromatic amines is 1. The first-order valence-corrected chi connectivity index (χ1v) is 8.89. The fourth-order valence-electron chi connectivity index (χ4n) is 2.45. The molecule has 0 bridgehead atoms. The third-order valence-electron chi connectivity index (χ3n) is 3.88. The Morgan fingerprint density at radius 1 is 1.24 bits per heavy atom. The van der Waals surface area contributed by atoms with Crippen molar-refractivity contribution in [2.75, 3.05) is 18.6 Å². The second-order valence-corrected chi connectivity index (χ2v) is 6.43. The van der Waals surface area contributed by atoms with E-state index in [4.69, 9.17) is 0 Å². The molecule has 0 fully saturated rings. The van der Waals surface area contributed by atoms with Crippen LogP contribution in [-0.4, -0.2) is 29.4 Å². The maximum atomic E-state index is 12.2. The van der Waals surface area contributed by atoms with Crippen LogP contribution in [0.1, 0.15) is 40.9 Å². The molecule has 114 valence electrons. The number of amides is 1. The van der Waals surface area contributed by atoms with E-state index in [-0.39, 0.29) is 5.91 Å². The molecule has 1 aromatic heterocycles. The number of carbonyl (C=O) groups excluding carboxylic acids is 1. The van der Waals surface area contributed by atoms with Crippen LogP contribution in [0.3, 0.4) is 0 Å². The van der Waals surface area contributed by atoms with E-state index in [1.54, 1.807) is 0 Å². The summed E-state index contributed by atoms with van der Waals surface area (Å²) in [6, 6.07) is 5.86. The lowest BCUT2D eigenvalue weighted by atomic mass is 10.1. The third kappa shape index (κ3) is 4.03. The average Bonchev–Trinajstić information content (AvgIpc) is 2.77. The number of rotatable bonds is 7. The van der Waals surface area contributed by atoms with Gasteiger partial charge in [0.1, 0.15) is 0 Å². The molecule has 0 spiro atoms. The Hall–Kier alpha value is -1.42. The van der Waals surface area contributed by atoms with Gasteiger partial charge in [0.15, 0.2) is 0 Å². The highest BCUT2D eigenvalue weighted by molar-refractivity contribution is 7.98. The summed E-state index contributed by atoms with van der Waals surface area (Å²) in [6.45, 7) is 4.90. The average molecular weight is 304 g/mol. The van der Waals surface area contributed by atoms with Gasteiger partial charge in [-0.3, -0.25) is 4.79 Å². The molecule has 1 heterocycles. The van der Waals surface area contributed by atoms with Gasteiger partial charge in [-0.05, 0) is 62.5 Å². The second kappa shape index (κ2) is 7.55. The molecule has 0 saturated carbocycles. The topological polar surface area (TPSA) is 44.9 Å². The molecule has 0 aliphatic carbocycles. The first-order chi connectivity index (χ1) is 10.1. The van der Waals surface area contributed by atoms with Crippen LogP contribution in [0.15, 0.2) is 18.2 Å². The van der Waals surface area contributed by atoms with E-state index in [1.807, 2.05) is 30.0 Å². The quantitative estimate of drug-likeness (QED) is 0.758. The molecule has 21 heavy (non-hydrogen) atoms. The van der Waals surface area contributed by atoms with Gasteiger partial charge in [-0.2, -0.15) is 11.8 Å². The largest absolute Gasteiger partial charge is 0.358 e. The molecule has 0 radical (unpaired) electrons. The zero-order chi connectivity index (χ0) is 15.2. The Morgan fingerprint density at radius 2 is 2.05 bits per heavy atom. The highest BCUT2D eigenvalue weighted by Crippen LogP contribution is 2.22. The van der Waals surface area contributed by atoms with Crippen molar-refractivity contribution in [3.63, 3.8) is 0 Å². The SMILES string of the molecule is CSCCCCCNC(=O)c1ccc2[nH]c(C)c(C)c2c1. The Labute approximate surface area is 130 Å². The maximum absolute atomic E-state index is 12.2. The van der Waals surface area contributed by atoms with E-state index in [1.165, 1.54) is 24.2 Å². The molecule has 0 atom stereocenters. The normalized spacial score (nSPS) is 11.0. The number of nitrogens with one attached hydrogen (secondary N) is 2. The fourth-order valence-corrected chi connectivity index (χ4v) is 2.95. The van der Waals surface area contributed by atoms with E-state index in [2.05, 4.69) is 30.4 Å². The number of H-pyrrole nitrogens is 1. The standard InChI is InChI=1S/C17H24N2OS/c1-12-13(2)19-16-8-7-14(11-15(12)16)17(20)18-9-5-4-6-10-21-3/h7-8,11,19H,4-6,9-10H2,1-3H3,(H,18,20). The molecular formula is C17H24N2OS. The van der Waals surface area contributed by atoms with Crippen LogP contribution in [-0.2, 0) is 0 Å². The number of fused-ring (bicyclic) bond motifs is 1. The van der Waals surface area contributed by atoms with Gasteiger partial charge in [0.25, 0.3) is 5.91 Å². The molecule has 1 amide bonds. The lowest BCUT2D eigenvalue weighted by Crippen LogP contribution is -2.24. The Bertz CT molecular complexity index is 619. The van der Waals surface area contributed by atoms with Crippen molar-refractivity contribution < 1.29 is 4.79 Å². The molecule has 2 aromatic rings. The number of aromatic nitrogens is 1. The molecule has 3 nitrogen and oxygen atoms in total. The molecule has 4 heteroatoms. The van der Waals surface area contributed by atoms with Gasteiger partial charge in [-0.1, -0.05) is 6.42 Å². The number of hydrogen-bond donors (Lipinski definition) is 2. The van der Waals surface area contributed by atoms with Crippen LogP contribution < -0.4 is 5.32 Å². The maximum Gasteiger partial charge on any atom is 0.251 e. The minimum atomic E-state index is 0.0278.